The number of carbonyl (C=O) groups excluding carboxylic acids is 1. The van der Waals surface area contributed by atoms with Gasteiger partial charge in [-0.05, 0) is 30.2 Å². The van der Waals surface area contributed by atoms with E-state index in [4.69, 9.17) is 0 Å². The smallest absolute Gasteiger partial charge is 0.256 e. The van der Waals surface area contributed by atoms with Gasteiger partial charge in [0.15, 0.2) is 0 Å². The summed E-state index contributed by atoms with van der Waals surface area (Å²) in [4.78, 5) is 17.9. The Morgan fingerprint density at radius 3 is 3.06 bits per heavy atom. The number of aryl methyl sites for hydroxylation is 1. The van der Waals surface area contributed by atoms with Gasteiger partial charge in [0.1, 0.15) is 0 Å². The van der Waals surface area contributed by atoms with Gasteiger partial charge in [-0.1, -0.05) is 12.1 Å². The van der Waals surface area contributed by atoms with E-state index < -0.39 is 5.97 Å². The number of nitrogens with zero attached hydrogens (tertiary/aromatic N) is 1. The highest BCUT2D eigenvalue weighted by Crippen LogP contribution is 2.14. The molecule has 0 bridgehead atoms. The lowest BCUT2D eigenvalue weighted by Crippen LogP contribution is -1.99. The number of benzene rings is 1. The van der Waals surface area contributed by atoms with Crippen LogP contribution in [0.15, 0.2) is 36.5 Å². The van der Waals surface area contributed by atoms with E-state index >= 15 is 0 Å². The van der Waals surface area contributed by atoms with Crippen molar-refractivity contribution in [1.29, 1.82) is 0 Å². The fourth-order valence-corrected chi connectivity index (χ4v) is 1.57. The first kappa shape index (κ1) is 10.5. The van der Waals surface area contributed by atoms with Crippen molar-refractivity contribution in [3.63, 3.8) is 0 Å². The Labute approximate surface area is 91.8 Å². The van der Waals surface area contributed by atoms with E-state index in [1.807, 2.05) is 30.3 Å². The van der Waals surface area contributed by atoms with Gasteiger partial charge < -0.3 is 0 Å². The van der Waals surface area contributed by atoms with Crippen LogP contribution in [0.1, 0.15) is 12.0 Å². The van der Waals surface area contributed by atoms with Gasteiger partial charge in [-0.3, -0.25) is 9.93 Å². The van der Waals surface area contributed by atoms with E-state index in [1.165, 1.54) is 0 Å². The molecular formula is C12H10FNO2. The summed E-state index contributed by atoms with van der Waals surface area (Å²) in [6.07, 6.45) is 2.23. The van der Waals surface area contributed by atoms with Gasteiger partial charge in [-0.2, -0.15) is 0 Å². The fourth-order valence-electron chi connectivity index (χ4n) is 1.57. The molecule has 0 N–H and O–H groups in total. The molecule has 0 amide bonds. The predicted octanol–water partition coefficient (Wildman–Crippen LogP) is 2.60. The minimum Gasteiger partial charge on any atom is -0.256 e. The first-order valence-corrected chi connectivity index (χ1v) is 4.94. The molecule has 16 heavy (non-hydrogen) atoms. The number of rotatable bonds is 3. The molecule has 0 spiro atoms. The molecule has 0 fully saturated rings. The Morgan fingerprint density at radius 2 is 2.25 bits per heavy atom. The summed E-state index contributed by atoms with van der Waals surface area (Å²) >= 11 is 0. The molecule has 0 aliphatic heterocycles. The molecule has 0 radical (unpaired) electrons. The fraction of sp³-hybridized carbons (Fsp3) is 0.167. The molecule has 3 nitrogen and oxygen atoms in total. The van der Waals surface area contributed by atoms with E-state index in [0.717, 1.165) is 16.5 Å². The highest BCUT2D eigenvalue weighted by atomic mass is 19.3. The molecule has 2 aromatic rings. The molecule has 4 heteroatoms. The van der Waals surface area contributed by atoms with Crippen molar-refractivity contribution in [2.24, 2.45) is 0 Å². The molecule has 1 heterocycles. The second-order valence-electron chi connectivity index (χ2n) is 3.48. The van der Waals surface area contributed by atoms with Crippen LogP contribution < -0.4 is 0 Å². The summed E-state index contributed by atoms with van der Waals surface area (Å²) in [6.45, 7) is 0. The summed E-state index contributed by atoms with van der Waals surface area (Å²) in [5.41, 5.74) is 1.87. The Balaban J connectivity index is 2.16. The molecule has 2 rings (SSSR count). The van der Waals surface area contributed by atoms with Crippen molar-refractivity contribution >= 4 is 16.9 Å². The van der Waals surface area contributed by atoms with Crippen LogP contribution in [0.3, 0.4) is 0 Å². The number of halogens is 1. The van der Waals surface area contributed by atoms with Gasteiger partial charge in [0.05, 0.1) is 11.9 Å². The van der Waals surface area contributed by atoms with Crippen LogP contribution in [0, 0.1) is 0 Å². The highest BCUT2D eigenvalue weighted by Gasteiger charge is 2.04. The first-order valence-electron chi connectivity index (χ1n) is 4.94. The van der Waals surface area contributed by atoms with Crippen molar-refractivity contribution in [2.45, 2.75) is 12.8 Å². The zero-order valence-corrected chi connectivity index (χ0v) is 8.52. The SMILES string of the molecule is O=C(CCc1ccc2ncccc2c1)OF. The molecule has 0 atom stereocenters. The summed E-state index contributed by atoms with van der Waals surface area (Å²) < 4.78 is 11.5. The van der Waals surface area contributed by atoms with Crippen molar-refractivity contribution in [3.8, 4) is 0 Å². The molecule has 0 aliphatic rings. The van der Waals surface area contributed by atoms with Gasteiger partial charge in [0, 0.05) is 16.1 Å². The minimum atomic E-state index is -0.841. The van der Waals surface area contributed by atoms with Crippen LogP contribution in [0.25, 0.3) is 10.9 Å². The maximum Gasteiger partial charge on any atom is 0.349 e. The van der Waals surface area contributed by atoms with Crippen LogP contribution >= 0.6 is 0 Å². The van der Waals surface area contributed by atoms with Crippen LogP contribution in [0.2, 0.25) is 0 Å². The minimum absolute atomic E-state index is 0.0439. The standard InChI is InChI=1S/C12H10FNO2/c13-16-12(15)6-4-9-3-5-11-10(8-9)2-1-7-14-11/h1-3,5,7-8H,4,6H2. The van der Waals surface area contributed by atoms with Crippen LogP contribution in [-0.2, 0) is 16.2 Å². The van der Waals surface area contributed by atoms with Crippen molar-refractivity contribution < 1.29 is 14.3 Å². The summed E-state index contributed by atoms with van der Waals surface area (Å²) in [7, 11) is 0. The van der Waals surface area contributed by atoms with Gasteiger partial charge >= 0.3 is 5.97 Å². The first-order chi connectivity index (χ1) is 7.79. The monoisotopic (exact) mass is 219 g/mol. The maximum atomic E-state index is 11.5. The van der Waals surface area contributed by atoms with Gasteiger partial charge in [0.25, 0.3) is 0 Å². The summed E-state index contributed by atoms with van der Waals surface area (Å²) in [6, 6.07) is 9.49. The van der Waals surface area contributed by atoms with Gasteiger partial charge in [-0.15, -0.1) is 0 Å². The van der Waals surface area contributed by atoms with E-state index in [1.54, 1.807) is 6.20 Å². The van der Waals surface area contributed by atoms with Crippen molar-refractivity contribution in [3.05, 3.63) is 42.1 Å². The molecular weight excluding hydrogens is 209 g/mol. The van der Waals surface area contributed by atoms with E-state index in [-0.39, 0.29) is 6.42 Å². The zero-order chi connectivity index (χ0) is 11.4. The molecule has 1 aromatic heterocycles. The third kappa shape index (κ3) is 2.34. The molecule has 0 saturated heterocycles. The Hall–Kier alpha value is -1.97. The average molecular weight is 219 g/mol. The number of fused-ring (bicyclic) bond motifs is 1. The van der Waals surface area contributed by atoms with E-state index in [2.05, 4.69) is 9.93 Å². The van der Waals surface area contributed by atoms with Gasteiger partial charge in [-0.25, -0.2) is 4.79 Å². The number of hydrogen-bond acceptors (Lipinski definition) is 3. The largest absolute Gasteiger partial charge is 0.349 e. The Bertz CT molecular complexity index is 513. The third-order valence-corrected chi connectivity index (χ3v) is 2.37. The molecule has 0 unspecified atom stereocenters. The van der Waals surface area contributed by atoms with Gasteiger partial charge in [0.2, 0.25) is 0 Å². The maximum absolute atomic E-state index is 11.5. The Kier molecular flexibility index (Phi) is 3.10. The number of pyridine rings is 1. The van der Waals surface area contributed by atoms with Crippen molar-refractivity contribution in [2.75, 3.05) is 0 Å². The molecule has 82 valence electrons. The number of carbonyl (C=O) groups is 1. The second-order valence-corrected chi connectivity index (χ2v) is 3.48. The number of aromatic nitrogens is 1. The van der Waals surface area contributed by atoms with Crippen LogP contribution in [0.4, 0.5) is 4.53 Å². The highest BCUT2D eigenvalue weighted by molar-refractivity contribution is 5.79. The van der Waals surface area contributed by atoms with E-state index in [9.17, 15) is 9.32 Å². The molecule has 0 aliphatic carbocycles. The quantitative estimate of drug-likeness (QED) is 0.796. The van der Waals surface area contributed by atoms with Crippen LogP contribution in [0.5, 0.6) is 0 Å². The lowest BCUT2D eigenvalue weighted by atomic mass is 10.1. The number of hydrogen-bond donors (Lipinski definition) is 0. The van der Waals surface area contributed by atoms with E-state index in [0.29, 0.717) is 6.42 Å². The summed E-state index contributed by atoms with van der Waals surface area (Å²) in [5.74, 6) is -0.841. The predicted molar refractivity (Wildman–Crippen MR) is 57.3 cm³/mol. The molecule has 0 saturated carbocycles. The zero-order valence-electron chi connectivity index (χ0n) is 8.52. The molecule has 1 aromatic carbocycles. The van der Waals surface area contributed by atoms with Crippen LogP contribution in [-0.4, -0.2) is 11.0 Å². The summed E-state index contributed by atoms with van der Waals surface area (Å²) in [5, 5.41) is 1.01. The average Bonchev–Trinajstić information content (AvgIpc) is 2.35. The lowest BCUT2D eigenvalue weighted by Gasteiger charge is -2.01. The topological polar surface area (TPSA) is 39.2 Å². The Morgan fingerprint density at radius 1 is 1.38 bits per heavy atom. The second kappa shape index (κ2) is 4.70. The normalized spacial score (nSPS) is 10.3. The lowest BCUT2D eigenvalue weighted by molar-refractivity contribution is -0.183. The van der Waals surface area contributed by atoms with Crippen molar-refractivity contribution in [1.82, 2.24) is 4.98 Å². The third-order valence-electron chi connectivity index (χ3n) is 2.37.